The van der Waals surface area contributed by atoms with E-state index < -0.39 is 11.7 Å². The van der Waals surface area contributed by atoms with Crippen molar-refractivity contribution in [1.82, 2.24) is 10.5 Å². The Morgan fingerprint density at radius 2 is 1.74 bits per heavy atom. The number of phenolic OH excluding ortho intramolecular Hbond substituents is 2. The molecule has 0 unspecified atom stereocenters. The van der Waals surface area contributed by atoms with Gasteiger partial charge in [0.05, 0.1) is 30.9 Å². The van der Waals surface area contributed by atoms with E-state index in [4.69, 9.17) is 16.2 Å². The lowest BCUT2D eigenvalue weighted by Gasteiger charge is -2.11. The Labute approximate surface area is 220 Å². The maximum atomic E-state index is 13.5. The van der Waals surface area contributed by atoms with Crippen LogP contribution in [-0.4, -0.2) is 47.6 Å². The summed E-state index contributed by atoms with van der Waals surface area (Å²) in [7, 11) is 0. The first-order valence-electron chi connectivity index (χ1n) is 12.2. The standard InChI is InChI=1S/C29H28FN3O5/c1-3-32-29(36)27-26(20-7-5-18(6-8-20)17-31-13-14-37-4-2)28(38-33-27)23-15-22(24(34)16-25(23)35)19-9-11-21(30)12-10-19/h2,5-12,15-16,31,34-35H,3-4,13-14,17H2,1H3,(H,32,36)/p+1. The molecule has 0 saturated heterocycles. The first-order valence-corrected chi connectivity index (χ1v) is 12.2. The van der Waals surface area contributed by atoms with Crippen LogP contribution in [0.4, 0.5) is 4.39 Å². The van der Waals surface area contributed by atoms with E-state index in [-0.39, 0.29) is 35.1 Å². The third-order valence-electron chi connectivity index (χ3n) is 5.97. The smallest absolute Gasteiger partial charge is 0.274 e. The number of nitrogens with zero attached hydrogens (tertiary/aromatic N) is 1. The highest BCUT2D eigenvalue weighted by Gasteiger charge is 2.27. The fraction of sp³-hybridized carbons (Fsp3) is 0.207. The van der Waals surface area contributed by atoms with E-state index in [0.29, 0.717) is 35.4 Å². The minimum atomic E-state index is -0.424. The summed E-state index contributed by atoms with van der Waals surface area (Å²) in [5, 5.41) is 30.1. The minimum absolute atomic E-state index is 0.0657. The van der Waals surface area contributed by atoms with Crippen LogP contribution in [0.2, 0.25) is 0 Å². The van der Waals surface area contributed by atoms with Crippen molar-refractivity contribution in [3.05, 3.63) is 84.7 Å². The van der Waals surface area contributed by atoms with Gasteiger partial charge in [-0.05, 0) is 43.2 Å². The van der Waals surface area contributed by atoms with Gasteiger partial charge < -0.3 is 30.1 Å². The molecule has 0 spiro atoms. The zero-order valence-corrected chi connectivity index (χ0v) is 20.9. The molecule has 3 aromatic carbocycles. The number of aromatic nitrogens is 1. The van der Waals surface area contributed by atoms with Gasteiger partial charge in [0.2, 0.25) is 0 Å². The van der Waals surface area contributed by atoms with Crippen LogP contribution in [0.1, 0.15) is 23.0 Å². The van der Waals surface area contributed by atoms with Gasteiger partial charge in [-0.25, -0.2) is 4.39 Å². The molecule has 1 amide bonds. The van der Waals surface area contributed by atoms with E-state index in [1.807, 2.05) is 24.3 Å². The Balaban J connectivity index is 1.74. The topological polar surface area (TPSA) is 121 Å². The first-order chi connectivity index (χ1) is 18.4. The predicted molar refractivity (Wildman–Crippen MR) is 140 cm³/mol. The first kappa shape index (κ1) is 26.8. The van der Waals surface area contributed by atoms with Gasteiger partial charge in [-0.15, -0.1) is 0 Å². The van der Waals surface area contributed by atoms with Gasteiger partial charge >= 0.3 is 0 Å². The zero-order chi connectivity index (χ0) is 27.1. The molecule has 38 heavy (non-hydrogen) atoms. The van der Waals surface area contributed by atoms with Crippen LogP contribution in [0.15, 0.2) is 65.2 Å². The van der Waals surface area contributed by atoms with E-state index in [2.05, 4.69) is 15.8 Å². The number of quaternary nitrogens is 1. The summed E-state index contributed by atoms with van der Waals surface area (Å²) in [5.41, 5.74) is 3.29. The number of rotatable bonds is 11. The number of hydrogen-bond donors (Lipinski definition) is 4. The van der Waals surface area contributed by atoms with Crippen molar-refractivity contribution in [3.8, 4) is 45.1 Å². The maximum Gasteiger partial charge on any atom is 0.274 e. The van der Waals surface area contributed by atoms with Gasteiger partial charge in [-0.3, -0.25) is 4.79 Å². The highest BCUT2D eigenvalue weighted by molar-refractivity contribution is 6.03. The van der Waals surface area contributed by atoms with Gasteiger partial charge in [-0.1, -0.05) is 41.6 Å². The second kappa shape index (κ2) is 12.4. The van der Waals surface area contributed by atoms with Gasteiger partial charge in [0, 0.05) is 23.7 Å². The second-order valence-electron chi connectivity index (χ2n) is 8.54. The molecule has 9 heteroatoms. The SMILES string of the molecule is [CH]COCC[NH2+]Cc1ccc(-c2c(C(=O)NCC)noc2-c2cc(-c3ccc(F)cc3)c(O)cc2O)cc1. The quantitative estimate of drug-likeness (QED) is 0.224. The average Bonchev–Trinajstić information content (AvgIpc) is 3.35. The zero-order valence-electron chi connectivity index (χ0n) is 20.9. The lowest BCUT2D eigenvalue weighted by molar-refractivity contribution is -0.672. The highest BCUT2D eigenvalue weighted by Crippen LogP contribution is 2.44. The number of amides is 1. The van der Waals surface area contributed by atoms with E-state index >= 15 is 0 Å². The van der Waals surface area contributed by atoms with Crippen LogP contribution < -0.4 is 10.6 Å². The van der Waals surface area contributed by atoms with Crippen LogP contribution in [-0.2, 0) is 11.3 Å². The second-order valence-corrected chi connectivity index (χ2v) is 8.54. The third-order valence-corrected chi connectivity index (χ3v) is 5.97. The molecule has 1 aromatic heterocycles. The van der Waals surface area contributed by atoms with Crippen LogP contribution in [0, 0.1) is 12.7 Å². The van der Waals surface area contributed by atoms with Gasteiger partial charge in [0.25, 0.3) is 5.91 Å². The molecular formula is C29H29FN3O5+. The number of aromatic hydroxyl groups is 2. The molecule has 0 aliphatic rings. The number of halogens is 1. The number of carbonyl (C=O) groups excluding carboxylic acids is 1. The summed E-state index contributed by atoms with van der Waals surface area (Å²) >= 11 is 0. The number of nitrogens with one attached hydrogen (secondary N) is 1. The van der Waals surface area contributed by atoms with E-state index in [9.17, 15) is 19.4 Å². The minimum Gasteiger partial charge on any atom is -0.507 e. The fourth-order valence-electron chi connectivity index (χ4n) is 4.09. The summed E-state index contributed by atoms with van der Waals surface area (Å²) in [6.45, 7) is 9.77. The Bertz CT molecular complexity index is 1380. The van der Waals surface area contributed by atoms with Crippen molar-refractivity contribution >= 4 is 5.91 Å². The highest BCUT2D eigenvalue weighted by atomic mass is 19.1. The lowest BCUT2D eigenvalue weighted by Crippen LogP contribution is -2.83. The molecule has 0 atom stereocenters. The van der Waals surface area contributed by atoms with Crippen LogP contribution in [0.5, 0.6) is 11.5 Å². The van der Waals surface area contributed by atoms with E-state index in [1.165, 1.54) is 36.4 Å². The molecule has 0 aliphatic carbocycles. The molecule has 196 valence electrons. The number of benzene rings is 3. The van der Waals surface area contributed by atoms with Crippen molar-refractivity contribution in [2.24, 2.45) is 0 Å². The van der Waals surface area contributed by atoms with Gasteiger partial charge in [0.1, 0.15) is 23.9 Å². The molecule has 0 saturated carbocycles. The molecular weight excluding hydrogens is 489 g/mol. The van der Waals surface area contributed by atoms with Crippen molar-refractivity contribution in [3.63, 3.8) is 0 Å². The van der Waals surface area contributed by atoms with Gasteiger partial charge in [-0.2, -0.15) is 0 Å². The molecule has 8 nitrogen and oxygen atoms in total. The van der Waals surface area contributed by atoms with Gasteiger partial charge in [0.15, 0.2) is 11.5 Å². The molecule has 1 heterocycles. The van der Waals surface area contributed by atoms with Crippen molar-refractivity contribution in [2.45, 2.75) is 13.5 Å². The molecule has 0 bridgehead atoms. The Morgan fingerprint density at radius 1 is 1.05 bits per heavy atom. The van der Waals surface area contributed by atoms with Crippen LogP contribution in [0.25, 0.3) is 33.6 Å². The average molecular weight is 519 g/mol. The van der Waals surface area contributed by atoms with Crippen molar-refractivity contribution in [2.75, 3.05) is 26.3 Å². The Morgan fingerprint density at radius 3 is 2.42 bits per heavy atom. The fourth-order valence-corrected chi connectivity index (χ4v) is 4.09. The van der Waals surface area contributed by atoms with Crippen LogP contribution >= 0.6 is 0 Å². The summed E-state index contributed by atoms with van der Waals surface area (Å²) in [4.78, 5) is 12.8. The monoisotopic (exact) mass is 518 g/mol. The summed E-state index contributed by atoms with van der Waals surface area (Å²) in [5.74, 6) is -1.14. The van der Waals surface area contributed by atoms with Crippen molar-refractivity contribution in [1.29, 1.82) is 0 Å². The normalized spacial score (nSPS) is 11.0. The number of carbonyl (C=O) groups is 1. The summed E-state index contributed by atoms with van der Waals surface area (Å²) in [6, 6.07) is 15.9. The summed E-state index contributed by atoms with van der Waals surface area (Å²) < 4.78 is 24.2. The Hall–Kier alpha value is -4.21. The molecule has 0 fully saturated rings. The van der Waals surface area contributed by atoms with Crippen molar-refractivity contribution < 1.29 is 34.0 Å². The predicted octanol–water partition coefficient (Wildman–Crippen LogP) is 3.77. The molecule has 5 N–H and O–H groups in total. The van der Waals surface area contributed by atoms with E-state index in [0.717, 1.165) is 18.7 Å². The van der Waals surface area contributed by atoms with Crippen LogP contribution in [0.3, 0.4) is 0 Å². The number of phenols is 2. The maximum absolute atomic E-state index is 13.5. The Kier molecular flexibility index (Phi) is 8.73. The lowest BCUT2D eigenvalue weighted by atomic mass is 9.95. The number of nitrogens with two attached hydrogens (primary N) is 1. The third kappa shape index (κ3) is 6.01. The molecule has 2 radical (unpaired) electrons. The molecule has 4 aromatic rings. The largest absolute Gasteiger partial charge is 0.507 e. The van der Waals surface area contributed by atoms with E-state index in [1.54, 1.807) is 6.92 Å². The number of hydrogen-bond acceptors (Lipinski definition) is 6. The summed E-state index contributed by atoms with van der Waals surface area (Å²) in [6.07, 6.45) is 0. The molecule has 0 aliphatic heterocycles. The molecule has 4 rings (SSSR count). The number of ether oxygens (including phenoxy) is 1.